The van der Waals surface area contributed by atoms with Crippen LogP contribution in [0.4, 0.5) is 0 Å². The molecule has 80 valence electrons. The zero-order valence-corrected chi connectivity index (χ0v) is 8.30. The van der Waals surface area contributed by atoms with Gasteiger partial charge in [0, 0.05) is 0 Å². The van der Waals surface area contributed by atoms with Crippen molar-refractivity contribution in [1.29, 1.82) is 0 Å². The minimum Gasteiger partial charge on any atom is -0.303 e. The summed E-state index contributed by atoms with van der Waals surface area (Å²) in [7, 11) is -9.28. The Hall–Kier alpha value is 0.650. The Balaban J connectivity index is -0.0000000457. The van der Waals surface area contributed by atoms with E-state index in [9.17, 15) is 0 Å². The van der Waals surface area contributed by atoms with Gasteiger partial charge in [-0.2, -0.15) is 9.90 Å². The standard InChI is InChI=1S/CH4.2H3O4P.H3P/c;2*1-5(2,3)4;/h1H4;2*(H3,1,2,3,4);1H3. The molecule has 1 atom stereocenters. The molecule has 0 aromatic carbocycles. The lowest BCUT2D eigenvalue weighted by atomic mass is 12.0. The van der Waals surface area contributed by atoms with Crippen LogP contribution in [-0.4, -0.2) is 29.4 Å². The van der Waals surface area contributed by atoms with Crippen LogP contribution in [0.25, 0.3) is 0 Å². The molecule has 0 saturated heterocycles. The van der Waals surface area contributed by atoms with E-state index in [1.54, 1.807) is 0 Å². The molecule has 0 amide bonds. The summed E-state index contributed by atoms with van der Waals surface area (Å²) in [6.45, 7) is 0. The van der Waals surface area contributed by atoms with E-state index < -0.39 is 15.6 Å². The molecule has 0 heterocycles. The van der Waals surface area contributed by atoms with Crippen LogP contribution < -0.4 is 0 Å². The number of rotatable bonds is 0. The lowest BCUT2D eigenvalue weighted by Crippen LogP contribution is -1.66. The van der Waals surface area contributed by atoms with Crippen molar-refractivity contribution in [2.24, 2.45) is 0 Å². The third-order valence-corrected chi connectivity index (χ3v) is 0. The van der Waals surface area contributed by atoms with Gasteiger partial charge in [-0.05, 0) is 0 Å². The molecule has 8 nitrogen and oxygen atoms in total. The first-order chi connectivity index (χ1) is 4.00. The van der Waals surface area contributed by atoms with Gasteiger partial charge in [0.05, 0.1) is 0 Å². The summed E-state index contributed by atoms with van der Waals surface area (Å²) in [5.74, 6) is 0. The SMILES string of the molecule is C.O=P(O)(O)O.O=P(O)(O)O.P. The van der Waals surface area contributed by atoms with Gasteiger partial charge in [0.15, 0.2) is 0 Å². The lowest BCUT2D eigenvalue weighted by Gasteiger charge is -1.82. The third-order valence-electron chi connectivity index (χ3n) is 0. The molecule has 12 heavy (non-hydrogen) atoms. The highest BCUT2D eigenvalue weighted by atomic mass is 31.2. The first-order valence-corrected chi connectivity index (χ1v) is 4.70. The summed E-state index contributed by atoms with van der Waals surface area (Å²) in [6, 6.07) is 0. The maximum atomic E-state index is 8.88. The van der Waals surface area contributed by atoms with E-state index in [2.05, 4.69) is 0 Å². The Kier molecular flexibility index (Phi) is 15.8. The molecule has 1 unspecified atom stereocenters. The predicted octanol–water partition coefficient (Wildman–Crippen LogP) is -1.16. The van der Waals surface area contributed by atoms with Crippen LogP contribution >= 0.6 is 25.5 Å². The van der Waals surface area contributed by atoms with Gasteiger partial charge in [-0.3, -0.25) is 0 Å². The topological polar surface area (TPSA) is 156 Å². The van der Waals surface area contributed by atoms with Crippen LogP contribution in [0, 0.1) is 0 Å². The first-order valence-electron chi connectivity index (χ1n) is 1.57. The summed E-state index contributed by atoms with van der Waals surface area (Å²) >= 11 is 0. The van der Waals surface area contributed by atoms with Crippen LogP contribution in [0.1, 0.15) is 7.43 Å². The molecule has 0 aliphatic rings. The summed E-state index contributed by atoms with van der Waals surface area (Å²) in [5.41, 5.74) is 0. The molecule has 11 heteroatoms. The van der Waals surface area contributed by atoms with Crippen LogP contribution in [-0.2, 0) is 9.13 Å². The van der Waals surface area contributed by atoms with Gasteiger partial charge in [-0.1, -0.05) is 7.43 Å². The summed E-state index contributed by atoms with van der Waals surface area (Å²) in [4.78, 5) is 43.1. The van der Waals surface area contributed by atoms with Gasteiger partial charge in [0.25, 0.3) is 0 Å². The minimum absolute atomic E-state index is 0. The van der Waals surface area contributed by atoms with Gasteiger partial charge < -0.3 is 29.4 Å². The quantitative estimate of drug-likeness (QED) is 0.292. The zero-order valence-electron chi connectivity index (χ0n) is 5.10. The van der Waals surface area contributed by atoms with Crippen molar-refractivity contribution in [1.82, 2.24) is 0 Å². The Morgan fingerprint density at radius 2 is 0.667 bits per heavy atom. The molecule has 0 spiro atoms. The fraction of sp³-hybridized carbons (Fsp3) is 1.00. The average molecular weight is 246 g/mol. The predicted molar refractivity (Wildman–Crippen MR) is 46.4 cm³/mol. The molecular formula is CH13O8P3. The third kappa shape index (κ3) is 2350. The largest absolute Gasteiger partial charge is 0.466 e. The molecule has 0 aliphatic heterocycles. The first kappa shape index (κ1) is 22.9. The Morgan fingerprint density at radius 1 is 0.667 bits per heavy atom. The maximum absolute atomic E-state index is 8.88. The second-order valence-corrected chi connectivity index (χ2v) is 3.08. The van der Waals surface area contributed by atoms with Crippen molar-refractivity contribution < 1.29 is 38.5 Å². The molecule has 0 fully saturated rings. The Bertz CT molecular complexity index is 127. The Morgan fingerprint density at radius 3 is 0.667 bits per heavy atom. The van der Waals surface area contributed by atoms with Gasteiger partial charge in [0.2, 0.25) is 0 Å². The average Bonchev–Trinajstić information content (AvgIpc) is 1.12. The van der Waals surface area contributed by atoms with E-state index in [-0.39, 0.29) is 17.3 Å². The monoisotopic (exact) mass is 246 g/mol. The second-order valence-electron chi connectivity index (χ2n) is 1.03. The molecule has 0 rings (SSSR count). The van der Waals surface area contributed by atoms with E-state index in [4.69, 9.17) is 38.5 Å². The molecule has 0 aromatic heterocycles. The molecule has 0 aliphatic carbocycles. The van der Waals surface area contributed by atoms with Gasteiger partial charge in [0.1, 0.15) is 0 Å². The normalized spacial score (nSPS) is 9.83. The van der Waals surface area contributed by atoms with Gasteiger partial charge in [-0.25, -0.2) is 9.13 Å². The van der Waals surface area contributed by atoms with Crippen molar-refractivity contribution in [2.75, 3.05) is 0 Å². The maximum Gasteiger partial charge on any atom is 0.466 e. The molecule has 0 bridgehead atoms. The summed E-state index contributed by atoms with van der Waals surface area (Å²) < 4.78 is 17.8. The molecule has 0 saturated carbocycles. The van der Waals surface area contributed by atoms with Crippen LogP contribution in [0.2, 0.25) is 0 Å². The smallest absolute Gasteiger partial charge is 0.303 e. The molecule has 0 aromatic rings. The van der Waals surface area contributed by atoms with Crippen molar-refractivity contribution in [3.8, 4) is 0 Å². The fourth-order valence-electron chi connectivity index (χ4n) is 0. The number of hydrogen-bond acceptors (Lipinski definition) is 2. The molecule has 0 radical (unpaired) electrons. The van der Waals surface area contributed by atoms with E-state index in [1.807, 2.05) is 0 Å². The van der Waals surface area contributed by atoms with Crippen molar-refractivity contribution >= 4 is 25.5 Å². The summed E-state index contributed by atoms with van der Waals surface area (Å²) in [5, 5.41) is 0. The highest BCUT2D eigenvalue weighted by Gasteiger charge is 2.00. The molecule has 6 N–H and O–H groups in total. The van der Waals surface area contributed by atoms with Gasteiger partial charge in [-0.15, -0.1) is 0 Å². The minimum atomic E-state index is -4.64. The fourth-order valence-corrected chi connectivity index (χ4v) is 0. The zero-order chi connectivity index (χ0) is 9.00. The summed E-state index contributed by atoms with van der Waals surface area (Å²) in [6.07, 6.45) is 0. The van der Waals surface area contributed by atoms with E-state index in [1.165, 1.54) is 0 Å². The van der Waals surface area contributed by atoms with E-state index in [0.29, 0.717) is 0 Å². The van der Waals surface area contributed by atoms with Crippen LogP contribution in [0.3, 0.4) is 0 Å². The van der Waals surface area contributed by atoms with E-state index in [0.717, 1.165) is 0 Å². The van der Waals surface area contributed by atoms with E-state index >= 15 is 0 Å². The number of hydrogen-bond donors (Lipinski definition) is 6. The van der Waals surface area contributed by atoms with Crippen LogP contribution in [0.5, 0.6) is 0 Å². The lowest BCUT2D eigenvalue weighted by molar-refractivity contribution is 0.272. The second kappa shape index (κ2) is 8.26. The molecular weight excluding hydrogens is 233 g/mol. The highest BCUT2D eigenvalue weighted by Crippen LogP contribution is 2.26. The number of phosphoric acid groups is 2. The Labute approximate surface area is 72.4 Å². The van der Waals surface area contributed by atoms with Crippen molar-refractivity contribution in [2.45, 2.75) is 7.43 Å². The van der Waals surface area contributed by atoms with Crippen LogP contribution in [0.15, 0.2) is 0 Å². The van der Waals surface area contributed by atoms with Crippen molar-refractivity contribution in [3.63, 3.8) is 0 Å². The highest BCUT2D eigenvalue weighted by molar-refractivity contribution is 7.45. The van der Waals surface area contributed by atoms with Gasteiger partial charge >= 0.3 is 15.6 Å². The van der Waals surface area contributed by atoms with Crippen molar-refractivity contribution in [3.05, 3.63) is 0 Å².